The van der Waals surface area contributed by atoms with E-state index in [9.17, 15) is 5.11 Å². The number of likely N-dealkylation sites (N-methyl/N-ethyl adjacent to an activating group) is 1. The van der Waals surface area contributed by atoms with Gasteiger partial charge < -0.3 is 29.9 Å². The van der Waals surface area contributed by atoms with Crippen molar-refractivity contribution in [1.82, 2.24) is 19.9 Å². The van der Waals surface area contributed by atoms with Crippen LogP contribution in [0.15, 0.2) is 48.7 Å². The van der Waals surface area contributed by atoms with Gasteiger partial charge in [0.2, 0.25) is 5.95 Å². The Morgan fingerprint density at radius 1 is 1.00 bits per heavy atom. The average molecular weight is 544 g/mol. The molecule has 3 aromatic rings. The Kier molecular flexibility index (Phi) is 6.52. The number of pyridine rings is 1. The van der Waals surface area contributed by atoms with Crippen molar-refractivity contribution in [3.05, 3.63) is 59.9 Å². The van der Waals surface area contributed by atoms with Crippen molar-refractivity contribution in [3.63, 3.8) is 0 Å². The minimum absolute atomic E-state index is 0.0863. The first-order valence-corrected chi connectivity index (χ1v) is 14.2. The molecule has 0 spiro atoms. The molecule has 0 amide bonds. The summed E-state index contributed by atoms with van der Waals surface area (Å²) >= 11 is 0. The predicted molar refractivity (Wildman–Crippen MR) is 159 cm³/mol. The van der Waals surface area contributed by atoms with Crippen LogP contribution in [0.2, 0.25) is 0 Å². The molecule has 2 saturated heterocycles. The van der Waals surface area contributed by atoms with E-state index in [0.29, 0.717) is 18.2 Å². The van der Waals surface area contributed by atoms with Crippen LogP contribution in [-0.4, -0.2) is 76.4 Å². The molecule has 212 valence electrons. The standard InChI is InChI=1S/C31H41N7O2/c1-29(2)18-25-31(5,20-40-29)23-19-32-28(33-21-10-12-22(13-11-21)37-16-14-36(6)15-17-37)35-27(23)38(25)26-9-7-8-24(34-26)30(3,4)39/h7-13,19,25,39H,14-18,20H2,1-6H3,(H,32,33,35)/t25-,31-/m0/s1. The van der Waals surface area contributed by atoms with Crippen molar-refractivity contribution in [2.24, 2.45) is 0 Å². The molecule has 2 atom stereocenters. The van der Waals surface area contributed by atoms with Gasteiger partial charge in [-0.1, -0.05) is 13.0 Å². The van der Waals surface area contributed by atoms with Gasteiger partial charge in [0.15, 0.2) is 0 Å². The van der Waals surface area contributed by atoms with Crippen molar-refractivity contribution in [3.8, 4) is 0 Å². The molecule has 6 rings (SSSR count). The molecule has 3 aliphatic heterocycles. The van der Waals surface area contributed by atoms with Crippen LogP contribution in [0.25, 0.3) is 0 Å². The van der Waals surface area contributed by atoms with E-state index in [1.165, 1.54) is 5.69 Å². The Labute approximate surface area is 237 Å². The third-order valence-electron chi connectivity index (χ3n) is 8.71. The summed E-state index contributed by atoms with van der Waals surface area (Å²) in [6, 6.07) is 14.4. The second-order valence-corrected chi connectivity index (χ2v) is 12.9. The number of anilines is 5. The number of hydrogen-bond acceptors (Lipinski definition) is 9. The second-order valence-electron chi connectivity index (χ2n) is 12.9. The number of nitrogens with zero attached hydrogens (tertiary/aromatic N) is 6. The summed E-state index contributed by atoms with van der Waals surface area (Å²) in [7, 11) is 2.17. The zero-order valence-corrected chi connectivity index (χ0v) is 24.5. The summed E-state index contributed by atoms with van der Waals surface area (Å²) in [5.41, 5.74) is 2.23. The average Bonchev–Trinajstić information content (AvgIpc) is 3.16. The van der Waals surface area contributed by atoms with E-state index < -0.39 is 5.60 Å². The molecule has 0 bridgehead atoms. The lowest BCUT2D eigenvalue weighted by Crippen LogP contribution is -2.54. The largest absolute Gasteiger partial charge is 0.384 e. The highest BCUT2D eigenvalue weighted by Gasteiger charge is 2.55. The van der Waals surface area contributed by atoms with Crippen molar-refractivity contribution in [2.75, 3.05) is 55.0 Å². The Balaban J connectivity index is 1.33. The number of benzene rings is 1. The minimum atomic E-state index is -1.05. The van der Waals surface area contributed by atoms with E-state index in [0.717, 1.165) is 55.5 Å². The topological polar surface area (TPSA) is 89.9 Å². The van der Waals surface area contributed by atoms with Crippen LogP contribution in [-0.2, 0) is 15.8 Å². The van der Waals surface area contributed by atoms with Gasteiger partial charge in [-0.15, -0.1) is 0 Å². The van der Waals surface area contributed by atoms with Crippen molar-refractivity contribution < 1.29 is 9.84 Å². The van der Waals surface area contributed by atoms with E-state index in [2.05, 4.69) is 72.1 Å². The lowest BCUT2D eigenvalue weighted by atomic mass is 9.73. The molecular formula is C31H41N7O2. The SMILES string of the molecule is CN1CCN(c2ccc(Nc3ncc4c(n3)N(c3cccc(C(C)(C)O)n3)[C@H]3CC(C)(C)OC[C@@]43C)cc2)CC1. The number of aromatic nitrogens is 3. The van der Waals surface area contributed by atoms with E-state index in [1.807, 2.05) is 24.4 Å². The quantitative estimate of drug-likeness (QED) is 0.480. The highest BCUT2D eigenvalue weighted by Crippen LogP contribution is 2.53. The fourth-order valence-electron chi connectivity index (χ4n) is 6.11. The minimum Gasteiger partial charge on any atom is -0.384 e. The Morgan fingerprint density at radius 3 is 2.42 bits per heavy atom. The molecule has 2 fully saturated rings. The van der Waals surface area contributed by atoms with Gasteiger partial charge in [0.25, 0.3) is 0 Å². The molecule has 9 nitrogen and oxygen atoms in total. The lowest BCUT2D eigenvalue weighted by Gasteiger charge is -2.46. The summed E-state index contributed by atoms with van der Waals surface area (Å²) in [5, 5.41) is 14.1. The second kappa shape index (κ2) is 9.68. The van der Waals surface area contributed by atoms with Gasteiger partial charge >= 0.3 is 0 Å². The van der Waals surface area contributed by atoms with Gasteiger partial charge in [0.05, 0.1) is 23.9 Å². The first-order chi connectivity index (χ1) is 18.9. The lowest BCUT2D eigenvalue weighted by molar-refractivity contribution is -0.0893. The number of piperazine rings is 1. The van der Waals surface area contributed by atoms with Gasteiger partial charge in [0, 0.05) is 54.7 Å². The Bertz CT molecular complexity index is 1380. The molecule has 5 heterocycles. The van der Waals surface area contributed by atoms with Crippen molar-refractivity contribution in [2.45, 2.75) is 63.7 Å². The van der Waals surface area contributed by atoms with E-state index >= 15 is 0 Å². The zero-order valence-electron chi connectivity index (χ0n) is 24.5. The summed E-state index contributed by atoms with van der Waals surface area (Å²) in [4.78, 5) is 21.7. The van der Waals surface area contributed by atoms with E-state index in [1.54, 1.807) is 13.8 Å². The molecule has 1 aromatic carbocycles. The number of nitrogens with one attached hydrogen (secondary N) is 1. The van der Waals surface area contributed by atoms with Crippen LogP contribution < -0.4 is 15.1 Å². The molecule has 2 N–H and O–H groups in total. The first-order valence-electron chi connectivity index (χ1n) is 14.2. The smallest absolute Gasteiger partial charge is 0.229 e. The van der Waals surface area contributed by atoms with Crippen LogP contribution in [0, 0.1) is 0 Å². The highest BCUT2D eigenvalue weighted by molar-refractivity contribution is 5.71. The van der Waals surface area contributed by atoms with Crippen LogP contribution >= 0.6 is 0 Å². The van der Waals surface area contributed by atoms with Crippen LogP contribution in [0.5, 0.6) is 0 Å². The fourth-order valence-corrected chi connectivity index (χ4v) is 6.11. The molecule has 3 aliphatic rings. The summed E-state index contributed by atoms with van der Waals surface area (Å²) < 4.78 is 6.33. The van der Waals surface area contributed by atoms with Gasteiger partial charge in [-0.25, -0.2) is 9.97 Å². The predicted octanol–water partition coefficient (Wildman–Crippen LogP) is 4.57. The summed E-state index contributed by atoms with van der Waals surface area (Å²) in [6.07, 6.45) is 2.75. The maximum Gasteiger partial charge on any atom is 0.229 e. The van der Waals surface area contributed by atoms with Gasteiger partial charge in [-0.2, -0.15) is 4.98 Å². The highest BCUT2D eigenvalue weighted by atomic mass is 16.5. The van der Waals surface area contributed by atoms with Crippen LogP contribution in [0.4, 0.5) is 29.0 Å². The number of ether oxygens (including phenoxy) is 1. The molecule has 0 unspecified atom stereocenters. The van der Waals surface area contributed by atoms with Crippen LogP contribution in [0.1, 0.15) is 52.3 Å². The molecule has 0 saturated carbocycles. The number of fused-ring (bicyclic) bond motifs is 3. The third-order valence-corrected chi connectivity index (χ3v) is 8.71. The monoisotopic (exact) mass is 543 g/mol. The number of hydrogen-bond donors (Lipinski definition) is 2. The Morgan fingerprint density at radius 2 is 1.73 bits per heavy atom. The van der Waals surface area contributed by atoms with Gasteiger partial charge in [-0.3, -0.25) is 0 Å². The van der Waals surface area contributed by atoms with Crippen molar-refractivity contribution in [1.29, 1.82) is 0 Å². The molecular weight excluding hydrogens is 502 g/mol. The number of rotatable bonds is 5. The molecule has 40 heavy (non-hydrogen) atoms. The van der Waals surface area contributed by atoms with Gasteiger partial charge in [0.1, 0.15) is 17.2 Å². The summed E-state index contributed by atoms with van der Waals surface area (Å²) in [5.74, 6) is 2.14. The zero-order chi connectivity index (χ0) is 28.3. The maximum absolute atomic E-state index is 10.7. The van der Waals surface area contributed by atoms with Crippen molar-refractivity contribution >= 4 is 29.0 Å². The Hall–Kier alpha value is -3.27. The fraction of sp³-hybridized carbons (Fsp3) is 0.516. The molecule has 0 radical (unpaired) electrons. The molecule has 2 aromatic heterocycles. The van der Waals surface area contributed by atoms with Gasteiger partial charge in [-0.05, 0) is 77.6 Å². The normalized spacial score (nSPS) is 24.5. The van der Waals surface area contributed by atoms with E-state index in [-0.39, 0.29) is 17.1 Å². The summed E-state index contributed by atoms with van der Waals surface area (Å²) in [6.45, 7) is 14.8. The third kappa shape index (κ3) is 4.91. The van der Waals surface area contributed by atoms with E-state index in [4.69, 9.17) is 19.7 Å². The maximum atomic E-state index is 10.7. The molecule has 0 aliphatic carbocycles. The molecule has 9 heteroatoms. The first kappa shape index (κ1) is 26.9. The van der Waals surface area contributed by atoms with Crippen LogP contribution in [0.3, 0.4) is 0 Å². The number of aliphatic hydroxyl groups is 1.